The van der Waals surface area contributed by atoms with Crippen LogP contribution in [0.15, 0.2) is 9.95 Å². The number of hydrogen-bond donors (Lipinski definition) is 0. The molecule has 0 saturated heterocycles. The van der Waals surface area contributed by atoms with Crippen molar-refractivity contribution in [2.75, 3.05) is 5.75 Å². The van der Waals surface area contributed by atoms with Gasteiger partial charge in [-0.05, 0) is 25.6 Å². The fourth-order valence-corrected chi connectivity index (χ4v) is 2.83. The highest BCUT2D eigenvalue weighted by Crippen LogP contribution is 2.20. The number of rotatable bonds is 1. The summed E-state index contributed by atoms with van der Waals surface area (Å²) in [6, 6.07) is 0. The number of thioether (sulfide) groups is 1. The van der Waals surface area contributed by atoms with Gasteiger partial charge in [-0.25, -0.2) is 9.36 Å². The van der Waals surface area contributed by atoms with Crippen LogP contribution in [0.25, 0.3) is 0 Å². The van der Waals surface area contributed by atoms with Crippen molar-refractivity contribution in [3.8, 4) is 5.88 Å². The van der Waals surface area contributed by atoms with Gasteiger partial charge in [-0.3, -0.25) is 0 Å². The first-order valence-electron chi connectivity index (χ1n) is 4.64. The van der Waals surface area contributed by atoms with E-state index in [0.717, 1.165) is 17.5 Å². The van der Waals surface area contributed by atoms with Crippen LogP contribution in [0.5, 0.6) is 5.88 Å². The highest BCUT2D eigenvalue weighted by Gasteiger charge is 2.26. The summed E-state index contributed by atoms with van der Waals surface area (Å²) >= 11 is 1.58. The van der Waals surface area contributed by atoms with Crippen LogP contribution in [-0.2, 0) is 13.1 Å². The molecule has 5 heteroatoms. The zero-order valence-electron chi connectivity index (χ0n) is 8.24. The van der Waals surface area contributed by atoms with Crippen LogP contribution in [0.3, 0.4) is 0 Å². The van der Waals surface area contributed by atoms with E-state index in [4.69, 9.17) is 0 Å². The molecule has 4 nitrogen and oxygen atoms in total. The fraction of sp³-hybridized carbons (Fsp3) is 0.556. The lowest BCUT2D eigenvalue weighted by atomic mass is 10.3. The molecule has 14 heavy (non-hydrogen) atoms. The summed E-state index contributed by atoms with van der Waals surface area (Å²) in [5.74, 6) is 0.762. The summed E-state index contributed by atoms with van der Waals surface area (Å²) in [6.07, 6.45) is 0. The van der Waals surface area contributed by atoms with Gasteiger partial charge in [-0.1, -0.05) is 0 Å². The van der Waals surface area contributed by atoms with E-state index in [1.54, 1.807) is 27.8 Å². The lowest BCUT2D eigenvalue weighted by Crippen LogP contribution is -2.44. The van der Waals surface area contributed by atoms with Crippen molar-refractivity contribution in [1.29, 1.82) is 0 Å². The quantitative estimate of drug-likeness (QED) is 0.472. The minimum atomic E-state index is -0.141. The molecule has 76 valence electrons. The molecule has 0 atom stereocenters. The van der Waals surface area contributed by atoms with Crippen LogP contribution in [0, 0.1) is 6.92 Å². The van der Waals surface area contributed by atoms with Crippen LogP contribution in [0.2, 0.25) is 0 Å². The maximum atomic E-state index is 11.7. The predicted molar refractivity (Wildman–Crippen MR) is 51.5 cm³/mol. The van der Waals surface area contributed by atoms with E-state index in [-0.39, 0.29) is 11.4 Å². The Labute approximate surface area is 86.2 Å². The zero-order chi connectivity index (χ0) is 10.3. The molecule has 0 radical (unpaired) electrons. The van der Waals surface area contributed by atoms with Gasteiger partial charge in [0.1, 0.15) is 6.54 Å². The van der Waals surface area contributed by atoms with E-state index >= 15 is 0 Å². The summed E-state index contributed by atoms with van der Waals surface area (Å²) in [7, 11) is 0. The van der Waals surface area contributed by atoms with Gasteiger partial charge in [-0.2, -0.15) is 4.57 Å². The van der Waals surface area contributed by atoms with Crippen molar-refractivity contribution in [1.82, 2.24) is 4.57 Å². The normalized spacial score (nSPS) is 14.4. The Morgan fingerprint density at radius 2 is 2.36 bits per heavy atom. The minimum Gasteiger partial charge on any atom is -0.842 e. The van der Waals surface area contributed by atoms with Crippen molar-refractivity contribution >= 4 is 11.8 Å². The average Bonchev–Trinajstić information content (AvgIpc) is 2.64. The van der Waals surface area contributed by atoms with Crippen LogP contribution < -0.4 is 15.2 Å². The van der Waals surface area contributed by atoms with E-state index in [0.29, 0.717) is 12.1 Å². The highest BCUT2D eigenvalue weighted by atomic mass is 32.2. The average molecular weight is 212 g/mol. The predicted octanol–water partition coefficient (Wildman–Crippen LogP) is -0.357. The van der Waals surface area contributed by atoms with Crippen LogP contribution in [0.1, 0.15) is 12.5 Å². The number of hydrogen-bond acceptors (Lipinski definition) is 3. The van der Waals surface area contributed by atoms with Gasteiger partial charge in [0, 0.05) is 5.75 Å². The third-order valence-electron chi connectivity index (χ3n) is 2.46. The Hall–Kier alpha value is -0.970. The Morgan fingerprint density at radius 3 is 3.00 bits per heavy atom. The lowest BCUT2D eigenvalue weighted by molar-refractivity contribution is -0.764. The Morgan fingerprint density at radius 1 is 1.64 bits per heavy atom. The first kappa shape index (κ1) is 9.58. The van der Waals surface area contributed by atoms with Crippen LogP contribution in [-0.4, -0.2) is 10.3 Å². The molecule has 1 aliphatic heterocycles. The monoisotopic (exact) mass is 212 g/mol. The fourth-order valence-electron chi connectivity index (χ4n) is 1.68. The van der Waals surface area contributed by atoms with Gasteiger partial charge >= 0.3 is 10.7 Å². The van der Waals surface area contributed by atoms with Crippen LogP contribution >= 0.6 is 11.8 Å². The second kappa shape index (κ2) is 3.31. The Kier molecular flexibility index (Phi) is 2.26. The third kappa shape index (κ3) is 1.15. The van der Waals surface area contributed by atoms with Crippen molar-refractivity contribution in [2.24, 2.45) is 0 Å². The minimum absolute atomic E-state index is 0.125. The van der Waals surface area contributed by atoms with Crippen molar-refractivity contribution in [3.63, 3.8) is 0 Å². The molecule has 0 aromatic carbocycles. The molecule has 0 spiro atoms. The van der Waals surface area contributed by atoms with E-state index in [9.17, 15) is 9.90 Å². The number of nitrogens with zero attached hydrogens (tertiary/aromatic N) is 2. The second-order valence-electron chi connectivity index (χ2n) is 3.26. The summed E-state index contributed by atoms with van der Waals surface area (Å²) in [5.41, 5.74) is 0.191. The molecule has 0 amide bonds. The van der Waals surface area contributed by atoms with Gasteiger partial charge in [0.05, 0.1) is 18.0 Å². The maximum absolute atomic E-state index is 11.7. The van der Waals surface area contributed by atoms with E-state index < -0.39 is 0 Å². The molecule has 0 fully saturated rings. The van der Waals surface area contributed by atoms with Gasteiger partial charge in [-0.15, -0.1) is 0 Å². The third-order valence-corrected chi connectivity index (χ3v) is 3.54. The zero-order valence-corrected chi connectivity index (χ0v) is 9.06. The molecule has 0 N–H and O–H groups in total. The molecule has 1 aliphatic rings. The smallest absolute Gasteiger partial charge is 0.340 e. The van der Waals surface area contributed by atoms with E-state index in [2.05, 4.69) is 0 Å². The molecule has 2 rings (SSSR count). The summed E-state index contributed by atoms with van der Waals surface area (Å²) in [6.45, 7) is 4.88. The summed E-state index contributed by atoms with van der Waals surface area (Å²) < 4.78 is 3.37. The standard InChI is InChI=1S/C9H12N2O2S/c1-3-10-7(12)6(2)8(13)11-4-5-14-9(10)11/h3-5H2,1-2H3. The van der Waals surface area contributed by atoms with Gasteiger partial charge in [0.2, 0.25) is 0 Å². The SMILES string of the molecule is CCn1c2[n+](c([O-])c(C)c1=O)CCS2. The molecule has 1 aromatic rings. The van der Waals surface area contributed by atoms with E-state index in [1.165, 1.54) is 0 Å². The first-order chi connectivity index (χ1) is 6.66. The molecule has 0 aliphatic carbocycles. The van der Waals surface area contributed by atoms with E-state index in [1.807, 2.05) is 6.92 Å². The van der Waals surface area contributed by atoms with Crippen molar-refractivity contribution < 1.29 is 9.67 Å². The molecule has 1 aromatic heterocycles. The Balaban J connectivity index is 2.81. The topological polar surface area (TPSA) is 48.9 Å². The number of fused-ring (bicyclic) bond motifs is 1. The maximum Gasteiger partial charge on any atom is 0.340 e. The van der Waals surface area contributed by atoms with Crippen molar-refractivity contribution in [2.45, 2.75) is 32.1 Å². The largest absolute Gasteiger partial charge is 0.842 e. The molecule has 2 heterocycles. The first-order valence-corrected chi connectivity index (χ1v) is 5.62. The van der Waals surface area contributed by atoms with Gasteiger partial charge < -0.3 is 5.11 Å². The lowest BCUT2D eigenvalue weighted by Gasteiger charge is -2.12. The number of aromatic nitrogens is 2. The highest BCUT2D eigenvalue weighted by molar-refractivity contribution is 7.99. The summed E-state index contributed by atoms with van der Waals surface area (Å²) in [5, 5.41) is 12.5. The molecule has 0 saturated carbocycles. The molecular weight excluding hydrogens is 200 g/mol. The molecule has 0 unspecified atom stereocenters. The van der Waals surface area contributed by atoms with Gasteiger partial charge in [0.15, 0.2) is 0 Å². The molecular formula is C9H12N2O2S. The van der Waals surface area contributed by atoms with Crippen molar-refractivity contribution in [3.05, 3.63) is 15.9 Å². The molecule has 0 bridgehead atoms. The van der Waals surface area contributed by atoms with Crippen LogP contribution in [0.4, 0.5) is 0 Å². The van der Waals surface area contributed by atoms with Gasteiger partial charge in [0.25, 0.3) is 0 Å². The Bertz CT molecular complexity index is 439. The second-order valence-corrected chi connectivity index (χ2v) is 4.32. The summed E-state index contributed by atoms with van der Waals surface area (Å²) in [4.78, 5) is 11.7.